The number of carbonyl (C=O) groups excluding carboxylic acids is 1. The van der Waals surface area contributed by atoms with E-state index in [1.165, 1.54) is 0 Å². The highest BCUT2D eigenvalue weighted by Gasteiger charge is 2.19. The Balaban J connectivity index is 2.04. The minimum Gasteiger partial charge on any atom is -0.776 e. The van der Waals surface area contributed by atoms with Crippen LogP contribution in [0, 0.1) is 0 Å². The van der Waals surface area contributed by atoms with Crippen molar-refractivity contribution in [3.63, 3.8) is 0 Å². The van der Waals surface area contributed by atoms with Crippen molar-refractivity contribution in [3.8, 4) is 11.5 Å². The second-order valence-corrected chi connectivity index (χ2v) is 6.08. The number of ether oxygens (including phenoxy) is 1. The SMILES string of the molecule is O=C(S)c1cc([S-])c(Oc2ccccc2)c(N2CCCC2)c1. The molecule has 0 spiro atoms. The summed E-state index contributed by atoms with van der Waals surface area (Å²) in [6.45, 7) is 1.90. The number of anilines is 1. The van der Waals surface area contributed by atoms with E-state index in [0.717, 1.165) is 37.4 Å². The molecule has 0 aliphatic carbocycles. The van der Waals surface area contributed by atoms with Crippen LogP contribution in [-0.4, -0.2) is 18.2 Å². The summed E-state index contributed by atoms with van der Waals surface area (Å²) in [4.78, 5) is 14.3. The number of nitrogens with zero attached hydrogens (tertiary/aromatic N) is 1. The molecule has 0 aromatic heterocycles. The van der Waals surface area contributed by atoms with Crippen molar-refractivity contribution in [2.24, 2.45) is 0 Å². The van der Waals surface area contributed by atoms with E-state index in [0.29, 0.717) is 16.2 Å². The van der Waals surface area contributed by atoms with E-state index in [1.54, 1.807) is 6.07 Å². The van der Waals surface area contributed by atoms with E-state index in [1.807, 2.05) is 36.4 Å². The topological polar surface area (TPSA) is 29.5 Å². The van der Waals surface area contributed by atoms with Gasteiger partial charge in [0.05, 0.1) is 5.69 Å². The zero-order chi connectivity index (χ0) is 15.5. The molecule has 0 radical (unpaired) electrons. The molecule has 0 amide bonds. The van der Waals surface area contributed by atoms with Crippen molar-refractivity contribution < 1.29 is 9.53 Å². The lowest BCUT2D eigenvalue weighted by Crippen LogP contribution is -2.19. The standard InChI is InChI=1S/C17H17NO2S2/c19-17(22)12-10-14(18-8-4-5-9-18)16(15(21)11-12)20-13-6-2-1-3-7-13/h1-3,6-7,10-11,21H,4-5,8-9H2,(H,19,22)/p-1. The third-order valence-electron chi connectivity index (χ3n) is 3.69. The Bertz CT molecular complexity index is 683. The molecule has 114 valence electrons. The molecule has 1 heterocycles. The van der Waals surface area contributed by atoms with Crippen molar-refractivity contribution in [2.45, 2.75) is 17.7 Å². The van der Waals surface area contributed by atoms with Crippen LogP contribution in [0.4, 0.5) is 5.69 Å². The van der Waals surface area contributed by atoms with Gasteiger partial charge in [0.15, 0.2) is 0 Å². The van der Waals surface area contributed by atoms with Crippen LogP contribution in [0.2, 0.25) is 0 Å². The zero-order valence-electron chi connectivity index (χ0n) is 12.0. The van der Waals surface area contributed by atoms with Crippen LogP contribution in [-0.2, 0) is 12.6 Å². The van der Waals surface area contributed by atoms with Gasteiger partial charge in [-0.15, -0.1) is 17.5 Å². The van der Waals surface area contributed by atoms with Gasteiger partial charge in [-0.05, 0) is 31.0 Å². The molecular weight excluding hydrogens is 314 g/mol. The van der Waals surface area contributed by atoms with Gasteiger partial charge in [0.1, 0.15) is 11.5 Å². The third kappa shape index (κ3) is 3.20. The van der Waals surface area contributed by atoms with E-state index in [2.05, 4.69) is 17.5 Å². The summed E-state index contributed by atoms with van der Waals surface area (Å²) in [5.41, 5.74) is 1.39. The quantitative estimate of drug-likeness (QED) is 0.676. The molecule has 0 bridgehead atoms. The summed E-state index contributed by atoms with van der Waals surface area (Å²) >= 11 is 9.36. The van der Waals surface area contributed by atoms with Crippen LogP contribution >= 0.6 is 12.6 Å². The molecule has 1 aliphatic rings. The van der Waals surface area contributed by atoms with Crippen molar-refractivity contribution >= 4 is 36.1 Å². The first-order chi connectivity index (χ1) is 10.6. The van der Waals surface area contributed by atoms with Crippen molar-refractivity contribution in [3.05, 3.63) is 48.0 Å². The second kappa shape index (κ2) is 6.58. The maximum absolute atomic E-state index is 11.6. The number of benzene rings is 2. The molecular formula is C17H16NO2S2-. The summed E-state index contributed by atoms with van der Waals surface area (Å²) in [7, 11) is 0. The Labute approximate surface area is 141 Å². The van der Waals surface area contributed by atoms with E-state index in [4.69, 9.17) is 17.4 Å². The van der Waals surface area contributed by atoms with E-state index < -0.39 is 0 Å². The molecule has 1 saturated heterocycles. The number of hydrogen-bond acceptors (Lipinski definition) is 4. The normalized spacial score (nSPS) is 14.1. The molecule has 0 saturated carbocycles. The Morgan fingerprint density at radius 2 is 1.82 bits per heavy atom. The highest BCUT2D eigenvalue weighted by Crippen LogP contribution is 2.38. The van der Waals surface area contributed by atoms with Gasteiger partial charge in [0.25, 0.3) is 0 Å². The Morgan fingerprint density at radius 3 is 2.45 bits per heavy atom. The van der Waals surface area contributed by atoms with Gasteiger partial charge in [0.2, 0.25) is 5.12 Å². The van der Waals surface area contributed by atoms with Gasteiger partial charge in [-0.1, -0.05) is 24.3 Å². The fourth-order valence-corrected chi connectivity index (χ4v) is 3.02. The van der Waals surface area contributed by atoms with Gasteiger partial charge < -0.3 is 22.3 Å². The van der Waals surface area contributed by atoms with Crippen LogP contribution in [0.25, 0.3) is 0 Å². The van der Waals surface area contributed by atoms with Crippen LogP contribution in [0.3, 0.4) is 0 Å². The molecule has 1 fully saturated rings. The summed E-state index contributed by atoms with van der Waals surface area (Å²) in [5.74, 6) is 1.38. The molecule has 0 N–H and O–H groups in total. The summed E-state index contributed by atoms with van der Waals surface area (Å²) in [6, 6.07) is 13.0. The van der Waals surface area contributed by atoms with Crippen molar-refractivity contribution in [1.29, 1.82) is 0 Å². The van der Waals surface area contributed by atoms with Gasteiger partial charge in [-0.3, -0.25) is 4.79 Å². The third-order valence-corrected chi connectivity index (χ3v) is 4.25. The molecule has 1 aliphatic heterocycles. The van der Waals surface area contributed by atoms with Crippen molar-refractivity contribution in [1.82, 2.24) is 0 Å². The first-order valence-corrected chi connectivity index (χ1v) is 8.07. The highest BCUT2D eigenvalue weighted by atomic mass is 32.1. The van der Waals surface area contributed by atoms with Gasteiger partial charge in [0, 0.05) is 18.7 Å². The average Bonchev–Trinajstić information content (AvgIpc) is 3.04. The number of hydrogen-bond donors (Lipinski definition) is 1. The van der Waals surface area contributed by atoms with Crippen LogP contribution < -0.4 is 9.64 Å². The number of thiol groups is 1. The molecule has 3 rings (SSSR count). The Morgan fingerprint density at radius 1 is 1.14 bits per heavy atom. The Hall–Kier alpha value is -1.72. The van der Waals surface area contributed by atoms with Crippen molar-refractivity contribution in [2.75, 3.05) is 18.0 Å². The minimum atomic E-state index is -0.280. The smallest absolute Gasteiger partial charge is 0.216 e. The molecule has 0 atom stereocenters. The Kier molecular flexibility index (Phi) is 4.55. The summed E-state index contributed by atoms with van der Waals surface area (Å²) in [5, 5.41) is -0.280. The summed E-state index contributed by atoms with van der Waals surface area (Å²) in [6.07, 6.45) is 2.27. The zero-order valence-corrected chi connectivity index (χ0v) is 13.7. The summed E-state index contributed by atoms with van der Waals surface area (Å²) < 4.78 is 6.01. The van der Waals surface area contributed by atoms with Crippen LogP contribution in [0.1, 0.15) is 23.2 Å². The van der Waals surface area contributed by atoms with Crippen LogP contribution in [0.15, 0.2) is 47.4 Å². The monoisotopic (exact) mass is 330 g/mol. The number of para-hydroxylation sites is 1. The molecule has 0 unspecified atom stereocenters. The van der Waals surface area contributed by atoms with E-state index in [-0.39, 0.29) is 5.12 Å². The predicted octanol–water partition coefficient (Wildman–Crippen LogP) is 4.05. The fourth-order valence-electron chi connectivity index (χ4n) is 2.61. The lowest BCUT2D eigenvalue weighted by molar-refractivity contribution is 0.109. The number of carbonyl (C=O) groups is 1. The van der Waals surface area contributed by atoms with E-state index >= 15 is 0 Å². The maximum Gasteiger partial charge on any atom is 0.216 e. The maximum atomic E-state index is 11.6. The average molecular weight is 330 g/mol. The van der Waals surface area contributed by atoms with Gasteiger partial charge >= 0.3 is 0 Å². The first-order valence-electron chi connectivity index (χ1n) is 7.21. The highest BCUT2D eigenvalue weighted by molar-refractivity contribution is 7.97. The predicted molar refractivity (Wildman–Crippen MR) is 93.4 cm³/mol. The van der Waals surface area contributed by atoms with Crippen LogP contribution in [0.5, 0.6) is 11.5 Å². The largest absolute Gasteiger partial charge is 0.776 e. The second-order valence-electron chi connectivity index (χ2n) is 5.24. The van der Waals surface area contributed by atoms with Gasteiger partial charge in [-0.2, -0.15) is 0 Å². The molecule has 2 aromatic carbocycles. The van der Waals surface area contributed by atoms with E-state index in [9.17, 15) is 4.79 Å². The lowest BCUT2D eigenvalue weighted by atomic mass is 10.2. The lowest BCUT2D eigenvalue weighted by Gasteiger charge is -2.26. The molecule has 5 heteroatoms. The van der Waals surface area contributed by atoms with Gasteiger partial charge in [-0.25, -0.2) is 0 Å². The molecule has 3 nitrogen and oxygen atoms in total. The minimum absolute atomic E-state index is 0.280. The molecule has 22 heavy (non-hydrogen) atoms. The molecule has 2 aromatic rings. The number of rotatable bonds is 4. The fraction of sp³-hybridized carbons (Fsp3) is 0.235. The first kappa shape index (κ1) is 15.2.